The normalized spacial score (nSPS) is 22.4. The third-order valence-electron chi connectivity index (χ3n) is 2.88. The molecule has 1 heterocycles. The number of carboxylic acid groups (broad SMARTS) is 1. The van der Waals surface area contributed by atoms with Crippen LogP contribution < -0.4 is 0 Å². The monoisotopic (exact) mass is 262 g/mol. The number of likely N-dealkylation sites (tertiary alicyclic amines) is 1. The first-order chi connectivity index (χ1) is 7.97. The van der Waals surface area contributed by atoms with Crippen LogP contribution in [0.5, 0.6) is 0 Å². The highest BCUT2D eigenvalue weighted by Gasteiger charge is 2.37. The van der Waals surface area contributed by atoms with Gasteiger partial charge in [-0.15, -0.1) is 0 Å². The number of hydrogen-bond acceptors (Lipinski definition) is 4. The van der Waals surface area contributed by atoms with Crippen molar-refractivity contribution in [3.8, 4) is 0 Å². The summed E-state index contributed by atoms with van der Waals surface area (Å²) in [6.07, 6.45) is 0.824. The molecule has 7 heteroatoms. The van der Waals surface area contributed by atoms with Crippen molar-refractivity contribution in [1.82, 2.24) is 4.90 Å². The Labute approximate surface area is 100 Å². The summed E-state index contributed by atoms with van der Waals surface area (Å²) >= 11 is 0. The molecule has 0 aromatic heterocycles. The van der Waals surface area contributed by atoms with E-state index in [1.54, 1.807) is 6.92 Å². The lowest BCUT2D eigenvalue weighted by Crippen LogP contribution is -2.43. The number of aliphatic hydroxyl groups is 1. The van der Waals surface area contributed by atoms with Gasteiger partial charge in [-0.25, -0.2) is 4.79 Å². The fraction of sp³-hybridized carbons (Fsp3) is 0.800. The average Bonchev–Trinajstić information content (AvgIpc) is 2.76. The van der Waals surface area contributed by atoms with E-state index in [4.69, 9.17) is 10.2 Å². The summed E-state index contributed by atoms with van der Waals surface area (Å²) in [5, 5.41) is 17.6. The number of aliphatic hydroxyl groups excluding tert-OH is 1. The van der Waals surface area contributed by atoms with Crippen molar-refractivity contribution in [3.05, 3.63) is 0 Å². The van der Waals surface area contributed by atoms with Gasteiger partial charge < -0.3 is 15.1 Å². The van der Waals surface area contributed by atoms with Gasteiger partial charge in [0.05, 0.1) is 5.92 Å². The Hall–Kier alpha value is -1.00. The van der Waals surface area contributed by atoms with Crippen LogP contribution in [0.25, 0.3) is 0 Å². The number of hydrogen-bond donors (Lipinski definition) is 2. The molecule has 1 rings (SSSR count). The molecule has 1 aliphatic rings. The largest absolute Gasteiger partial charge is 0.480 e. The van der Waals surface area contributed by atoms with Gasteiger partial charge in [0.25, 0.3) is 0 Å². The molecule has 1 saturated heterocycles. The van der Waals surface area contributed by atoms with E-state index in [0.717, 1.165) is 0 Å². The van der Waals surface area contributed by atoms with Crippen molar-refractivity contribution in [2.75, 3.05) is 19.1 Å². The fourth-order valence-electron chi connectivity index (χ4n) is 2.01. The lowest BCUT2D eigenvalue weighted by Gasteiger charge is -2.23. The number of aliphatic carboxylic acids is 1. The predicted molar refractivity (Wildman–Crippen MR) is 61.1 cm³/mol. The lowest BCUT2D eigenvalue weighted by atomic mass is 10.1. The average molecular weight is 262 g/mol. The van der Waals surface area contributed by atoms with Gasteiger partial charge in [0.2, 0.25) is 12.3 Å². The molecular formula is C10H17NO5P+. The topological polar surface area (TPSA) is 94.9 Å². The zero-order valence-corrected chi connectivity index (χ0v) is 10.6. The summed E-state index contributed by atoms with van der Waals surface area (Å²) in [4.78, 5) is 24.2. The highest BCUT2D eigenvalue weighted by Crippen LogP contribution is 2.26. The first-order valence-corrected chi connectivity index (χ1v) is 7.16. The van der Waals surface area contributed by atoms with E-state index >= 15 is 0 Å². The molecule has 17 heavy (non-hydrogen) atoms. The second-order valence-electron chi connectivity index (χ2n) is 4.23. The highest BCUT2D eigenvalue weighted by atomic mass is 31.1. The predicted octanol–water partition coefficient (Wildman–Crippen LogP) is 0.475. The van der Waals surface area contributed by atoms with Crippen molar-refractivity contribution < 1.29 is 24.4 Å². The molecule has 2 N–H and O–H groups in total. The maximum atomic E-state index is 12.0. The first kappa shape index (κ1) is 14.1. The Morgan fingerprint density at radius 1 is 1.53 bits per heavy atom. The lowest BCUT2D eigenvalue weighted by molar-refractivity contribution is -0.149. The van der Waals surface area contributed by atoms with E-state index in [1.165, 1.54) is 4.90 Å². The minimum absolute atomic E-state index is 0.105. The zero-order chi connectivity index (χ0) is 13.0. The van der Waals surface area contributed by atoms with Crippen molar-refractivity contribution >= 4 is 19.7 Å². The zero-order valence-electron chi connectivity index (χ0n) is 9.70. The van der Waals surface area contributed by atoms with Crippen LogP contribution in [0.1, 0.15) is 19.8 Å². The second kappa shape index (κ2) is 6.07. The van der Waals surface area contributed by atoms with E-state index in [0.29, 0.717) is 19.4 Å². The number of carbonyl (C=O) groups excluding carboxylic acids is 1. The molecule has 3 atom stereocenters. The van der Waals surface area contributed by atoms with Gasteiger partial charge >= 0.3 is 13.8 Å². The Kier molecular flexibility index (Phi) is 5.02. The molecule has 0 aromatic rings. The van der Waals surface area contributed by atoms with E-state index in [1.807, 2.05) is 0 Å². The molecule has 0 aromatic carbocycles. The van der Waals surface area contributed by atoms with Gasteiger partial charge in [0.1, 0.15) is 6.04 Å². The van der Waals surface area contributed by atoms with Crippen molar-refractivity contribution in [2.45, 2.75) is 25.8 Å². The number of carbonyl (C=O) groups is 2. The molecule has 0 bridgehead atoms. The molecule has 1 aliphatic heterocycles. The summed E-state index contributed by atoms with van der Waals surface area (Å²) in [7, 11) is -1.78. The van der Waals surface area contributed by atoms with Crippen LogP contribution in [0.15, 0.2) is 0 Å². The van der Waals surface area contributed by atoms with Crippen LogP contribution in [-0.2, 0) is 14.2 Å². The molecule has 0 aliphatic carbocycles. The standard InChI is InChI=1S/C10H16NO5P/c1-7(5-17(16)6-12)9(13)11-4-2-3-8(11)10(14)15/h7-8,12H,2-6H2,1H3/p+1/t7?,8-/m0/s1. The van der Waals surface area contributed by atoms with Gasteiger partial charge in [-0.2, -0.15) is 0 Å². The summed E-state index contributed by atoms with van der Waals surface area (Å²) < 4.78 is 11.2. The molecule has 0 spiro atoms. The smallest absolute Gasteiger partial charge is 0.367 e. The van der Waals surface area contributed by atoms with Crippen LogP contribution in [0.4, 0.5) is 0 Å². The molecule has 96 valence electrons. The Morgan fingerprint density at radius 2 is 2.18 bits per heavy atom. The van der Waals surface area contributed by atoms with Crippen LogP contribution in [0.2, 0.25) is 0 Å². The van der Waals surface area contributed by atoms with Crippen LogP contribution in [0.3, 0.4) is 0 Å². The Balaban J connectivity index is 2.62. The number of carboxylic acids is 1. The van der Waals surface area contributed by atoms with Crippen molar-refractivity contribution in [3.63, 3.8) is 0 Å². The molecule has 0 radical (unpaired) electrons. The molecule has 1 fully saturated rings. The van der Waals surface area contributed by atoms with E-state index in [2.05, 4.69) is 0 Å². The van der Waals surface area contributed by atoms with Gasteiger partial charge in [-0.05, 0) is 19.8 Å². The number of nitrogens with zero attached hydrogens (tertiary/aromatic N) is 1. The van der Waals surface area contributed by atoms with Gasteiger partial charge in [0.15, 0.2) is 6.16 Å². The van der Waals surface area contributed by atoms with Gasteiger partial charge in [0, 0.05) is 6.54 Å². The molecular weight excluding hydrogens is 245 g/mol. The third-order valence-corrected chi connectivity index (χ3v) is 4.15. The minimum atomic E-state index is -1.78. The molecule has 6 nitrogen and oxygen atoms in total. The van der Waals surface area contributed by atoms with Crippen molar-refractivity contribution in [2.24, 2.45) is 5.92 Å². The number of amides is 1. The quantitative estimate of drug-likeness (QED) is 0.702. The molecule has 1 amide bonds. The van der Waals surface area contributed by atoms with E-state index < -0.39 is 32.1 Å². The van der Waals surface area contributed by atoms with Crippen LogP contribution >= 0.6 is 7.80 Å². The minimum Gasteiger partial charge on any atom is -0.480 e. The summed E-state index contributed by atoms with van der Waals surface area (Å²) in [6.45, 7) is 2.05. The first-order valence-electron chi connectivity index (χ1n) is 5.53. The SMILES string of the molecule is CC(C[P+](=O)CO)C(=O)N1CCC[C@H]1C(=O)O. The maximum Gasteiger partial charge on any atom is 0.367 e. The summed E-state index contributed by atoms with van der Waals surface area (Å²) in [5.41, 5.74) is 0. The third kappa shape index (κ3) is 3.48. The number of rotatable bonds is 5. The Bertz CT molecular complexity index is 333. The Morgan fingerprint density at radius 3 is 2.71 bits per heavy atom. The van der Waals surface area contributed by atoms with Gasteiger partial charge in [-0.1, -0.05) is 4.57 Å². The summed E-state index contributed by atoms with van der Waals surface area (Å²) in [6, 6.07) is -0.753. The fourth-order valence-corrected chi connectivity index (χ4v) is 2.89. The second-order valence-corrected chi connectivity index (χ2v) is 5.85. The van der Waals surface area contributed by atoms with Crippen molar-refractivity contribution in [1.29, 1.82) is 0 Å². The van der Waals surface area contributed by atoms with Crippen LogP contribution in [-0.4, -0.2) is 52.1 Å². The van der Waals surface area contributed by atoms with E-state index in [-0.39, 0.29) is 12.1 Å². The molecule has 0 saturated carbocycles. The summed E-state index contributed by atoms with van der Waals surface area (Å²) in [5.74, 6) is -1.79. The van der Waals surface area contributed by atoms with E-state index in [9.17, 15) is 14.2 Å². The maximum absolute atomic E-state index is 12.0. The highest BCUT2D eigenvalue weighted by molar-refractivity contribution is 7.44. The molecule has 2 unspecified atom stereocenters. The van der Waals surface area contributed by atoms with Crippen LogP contribution in [0, 0.1) is 5.92 Å². The van der Waals surface area contributed by atoms with Gasteiger partial charge in [-0.3, -0.25) is 4.79 Å².